The number of rotatable bonds is 2. The zero-order valence-corrected chi connectivity index (χ0v) is 14.1. The summed E-state index contributed by atoms with van der Waals surface area (Å²) in [5, 5.41) is 8.75. The number of nitrogens with one attached hydrogen (secondary N) is 2. The Kier molecular flexibility index (Phi) is 4.63. The molecule has 122 valence electrons. The number of fused-ring (bicyclic) bond motifs is 1. The van der Waals surface area contributed by atoms with E-state index in [1.165, 1.54) is 21.8 Å². The third kappa shape index (κ3) is 3.47. The van der Waals surface area contributed by atoms with Crippen molar-refractivity contribution in [2.75, 3.05) is 0 Å². The molecule has 0 fully saturated rings. The molecule has 0 saturated heterocycles. The molecular weight excluding hydrogens is 322 g/mol. The minimum Gasteiger partial charge on any atom is -0.267 e. The van der Waals surface area contributed by atoms with E-state index in [4.69, 9.17) is 5.26 Å². The number of nitriles is 1. The van der Waals surface area contributed by atoms with Crippen LogP contribution < -0.4 is 10.9 Å². The van der Waals surface area contributed by atoms with Gasteiger partial charge in [-0.2, -0.15) is 5.26 Å². The van der Waals surface area contributed by atoms with Crippen molar-refractivity contribution >= 4 is 23.2 Å². The number of hydrogen-bond acceptors (Lipinski definition) is 4. The summed E-state index contributed by atoms with van der Waals surface area (Å²) in [7, 11) is 0. The lowest BCUT2D eigenvalue weighted by atomic mass is 9.90. The van der Waals surface area contributed by atoms with Gasteiger partial charge >= 0.3 is 0 Å². The van der Waals surface area contributed by atoms with E-state index in [0.717, 1.165) is 19.3 Å². The van der Waals surface area contributed by atoms with Crippen LogP contribution >= 0.6 is 11.3 Å². The van der Waals surface area contributed by atoms with Crippen LogP contribution in [0.25, 0.3) is 0 Å². The van der Waals surface area contributed by atoms with E-state index in [1.54, 1.807) is 24.3 Å². The highest BCUT2D eigenvalue weighted by molar-refractivity contribution is 7.14. The number of carbonyl (C=O) groups is 2. The molecule has 0 bridgehead atoms. The normalized spacial score (nSPS) is 15.9. The average Bonchev–Trinajstić information content (AvgIpc) is 3.02. The summed E-state index contributed by atoms with van der Waals surface area (Å²) in [5.74, 6) is -0.0640. The molecule has 1 aromatic heterocycles. The van der Waals surface area contributed by atoms with Gasteiger partial charge in [0.05, 0.1) is 16.5 Å². The van der Waals surface area contributed by atoms with Crippen molar-refractivity contribution in [3.63, 3.8) is 0 Å². The fraction of sp³-hybridized carbons (Fsp3) is 0.278. The van der Waals surface area contributed by atoms with E-state index in [9.17, 15) is 9.59 Å². The van der Waals surface area contributed by atoms with Crippen LogP contribution in [0.5, 0.6) is 0 Å². The number of thiophene rings is 1. The largest absolute Gasteiger partial charge is 0.279 e. The van der Waals surface area contributed by atoms with E-state index >= 15 is 0 Å². The molecule has 1 aliphatic rings. The number of hydrogen-bond donors (Lipinski definition) is 2. The van der Waals surface area contributed by atoms with Crippen molar-refractivity contribution in [2.45, 2.75) is 26.2 Å². The van der Waals surface area contributed by atoms with Crippen molar-refractivity contribution in [3.05, 3.63) is 56.8 Å². The van der Waals surface area contributed by atoms with Crippen LogP contribution in [0.2, 0.25) is 0 Å². The SMILES string of the molecule is C[C@@H]1CCc2sc(C(=O)NNC(=O)c3ccc(C#N)cc3)cc2C1. The highest BCUT2D eigenvalue weighted by Gasteiger charge is 2.20. The minimum atomic E-state index is -0.414. The summed E-state index contributed by atoms with van der Waals surface area (Å²) in [6, 6.07) is 10.1. The van der Waals surface area contributed by atoms with Crippen LogP contribution in [0.4, 0.5) is 0 Å². The third-order valence-electron chi connectivity index (χ3n) is 4.12. The standard InChI is InChI=1S/C18H17N3O2S/c1-11-2-7-15-14(8-11)9-16(24-15)18(23)21-20-17(22)13-5-3-12(10-19)4-6-13/h3-6,9,11H,2,7-8H2,1H3,(H,20,22)(H,21,23)/t11-/m1/s1. The van der Waals surface area contributed by atoms with Crippen LogP contribution in [0.3, 0.4) is 0 Å². The molecule has 5 nitrogen and oxygen atoms in total. The van der Waals surface area contributed by atoms with E-state index in [1.807, 2.05) is 12.1 Å². The van der Waals surface area contributed by atoms with Crippen LogP contribution in [-0.4, -0.2) is 11.8 Å². The fourth-order valence-electron chi connectivity index (χ4n) is 2.76. The molecule has 1 aliphatic carbocycles. The molecule has 0 aliphatic heterocycles. The lowest BCUT2D eigenvalue weighted by Gasteiger charge is -2.16. The summed E-state index contributed by atoms with van der Waals surface area (Å²) in [4.78, 5) is 26.1. The van der Waals surface area contributed by atoms with Crippen molar-refractivity contribution < 1.29 is 9.59 Å². The van der Waals surface area contributed by atoms with Gasteiger partial charge in [0, 0.05) is 10.4 Å². The number of amides is 2. The van der Waals surface area contributed by atoms with Gasteiger partial charge in [0.2, 0.25) is 0 Å². The highest BCUT2D eigenvalue weighted by Crippen LogP contribution is 2.32. The van der Waals surface area contributed by atoms with Gasteiger partial charge in [0.25, 0.3) is 11.8 Å². The number of nitrogens with zero attached hydrogens (tertiary/aromatic N) is 1. The van der Waals surface area contributed by atoms with E-state index in [0.29, 0.717) is 21.9 Å². The molecule has 2 N–H and O–H groups in total. The second-order valence-corrected chi connectivity index (χ2v) is 7.14. The Hall–Kier alpha value is -2.65. The summed E-state index contributed by atoms with van der Waals surface area (Å²) in [5.41, 5.74) is 6.98. The number of hydrazine groups is 1. The van der Waals surface area contributed by atoms with Gasteiger partial charge in [-0.05, 0) is 61.1 Å². The Morgan fingerprint density at radius 1 is 1.21 bits per heavy atom. The van der Waals surface area contributed by atoms with E-state index in [-0.39, 0.29) is 5.91 Å². The zero-order chi connectivity index (χ0) is 17.1. The maximum absolute atomic E-state index is 12.2. The van der Waals surface area contributed by atoms with Crippen LogP contribution in [0, 0.1) is 17.2 Å². The Bertz CT molecular complexity index is 818. The molecule has 0 unspecified atom stereocenters. The number of benzene rings is 1. The first-order valence-electron chi connectivity index (χ1n) is 7.79. The van der Waals surface area contributed by atoms with Gasteiger partial charge in [0.1, 0.15) is 0 Å². The highest BCUT2D eigenvalue weighted by atomic mass is 32.1. The summed E-state index contributed by atoms with van der Waals surface area (Å²) in [6.07, 6.45) is 3.19. The quantitative estimate of drug-likeness (QED) is 0.826. The first-order valence-corrected chi connectivity index (χ1v) is 8.61. The second-order valence-electron chi connectivity index (χ2n) is 6.00. The Morgan fingerprint density at radius 2 is 1.92 bits per heavy atom. The van der Waals surface area contributed by atoms with Gasteiger partial charge in [0.15, 0.2) is 0 Å². The first kappa shape index (κ1) is 16.2. The maximum atomic E-state index is 12.2. The van der Waals surface area contributed by atoms with E-state index < -0.39 is 5.91 Å². The molecule has 24 heavy (non-hydrogen) atoms. The van der Waals surface area contributed by atoms with Crippen molar-refractivity contribution in [3.8, 4) is 6.07 Å². The summed E-state index contributed by atoms with van der Waals surface area (Å²) in [6.45, 7) is 2.22. The van der Waals surface area contributed by atoms with Crippen molar-refractivity contribution in [1.82, 2.24) is 10.9 Å². The lowest BCUT2D eigenvalue weighted by Crippen LogP contribution is -2.41. The van der Waals surface area contributed by atoms with Gasteiger partial charge in [-0.1, -0.05) is 6.92 Å². The van der Waals surface area contributed by atoms with E-state index in [2.05, 4.69) is 17.8 Å². The maximum Gasteiger partial charge on any atom is 0.279 e. The minimum absolute atomic E-state index is 0.302. The monoisotopic (exact) mass is 339 g/mol. The average molecular weight is 339 g/mol. The molecule has 6 heteroatoms. The smallest absolute Gasteiger partial charge is 0.267 e. The van der Waals surface area contributed by atoms with Crippen LogP contribution in [0.1, 0.15) is 49.4 Å². The predicted molar refractivity (Wildman–Crippen MR) is 91.6 cm³/mol. The van der Waals surface area contributed by atoms with Gasteiger partial charge in [-0.25, -0.2) is 0 Å². The van der Waals surface area contributed by atoms with Crippen LogP contribution in [-0.2, 0) is 12.8 Å². The number of aryl methyl sites for hydroxylation is 1. The molecule has 0 spiro atoms. The Balaban J connectivity index is 1.61. The van der Waals surface area contributed by atoms with Crippen molar-refractivity contribution in [1.29, 1.82) is 5.26 Å². The first-order chi connectivity index (χ1) is 11.6. The molecule has 1 heterocycles. The molecule has 0 saturated carbocycles. The third-order valence-corrected chi connectivity index (χ3v) is 5.35. The molecule has 3 rings (SSSR count). The predicted octanol–water partition coefficient (Wildman–Crippen LogP) is 2.82. The van der Waals surface area contributed by atoms with Crippen LogP contribution in [0.15, 0.2) is 30.3 Å². The molecule has 1 atom stereocenters. The van der Waals surface area contributed by atoms with Gasteiger partial charge in [-0.3, -0.25) is 20.4 Å². The Morgan fingerprint density at radius 3 is 2.62 bits per heavy atom. The lowest BCUT2D eigenvalue weighted by molar-refractivity contribution is 0.0849. The molecule has 2 aromatic rings. The molecular formula is C18H17N3O2S. The van der Waals surface area contributed by atoms with Gasteiger partial charge in [-0.15, -0.1) is 11.3 Å². The summed E-state index contributed by atoms with van der Waals surface area (Å²) >= 11 is 1.50. The summed E-state index contributed by atoms with van der Waals surface area (Å²) < 4.78 is 0. The molecule has 2 amide bonds. The van der Waals surface area contributed by atoms with Crippen molar-refractivity contribution in [2.24, 2.45) is 5.92 Å². The molecule has 1 aromatic carbocycles. The second kappa shape index (κ2) is 6.85. The number of carbonyl (C=O) groups excluding carboxylic acids is 2. The van der Waals surface area contributed by atoms with Gasteiger partial charge < -0.3 is 0 Å². The zero-order valence-electron chi connectivity index (χ0n) is 13.3. The Labute approximate surface area is 144 Å². The fourth-order valence-corrected chi connectivity index (χ4v) is 3.86. The molecule has 0 radical (unpaired) electrons. The topological polar surface area (TPSA) is 82.0 Å².